The largest absolute Gasteiger partial charge is 0.469 e. The Morgan fingerprint density at radius 2 is 1.74 bits per heavy atom. The Kier molecular flexibility index (Phi) is 7.98. The summed E-state index contributed by atoms with van der Waals surface area (Å²) in [5.74, 6) is -1.90. The van der Waals surface area contributed by atoms with Crippen LogP contribution in [-0.2, 0) is 38.1 Å². The number of carbonyl (C=O) groups is 4. The number of rotatable bonds is 6. The van der Waals surface area contributed by atoms with Crippen molar-refractivity contribution in [3.8, 4) is 0 Å². The maximum Gasteiger partial charge on any atom is 0.347 e. The average Bonchev–Trinajstić information content (AvgIpc) is 2.78. The van der Waals surface area contributed by atoms with Crippen LogP contribution >= 0.6 is 0 Å². The van der Waals surface area contributed by atoms with E-state index in [2.05, 4.69) is 6.92 Å². The van der Waals surface area contributed by atoms with Gasteiger partial charge in [0.05, 0.1) is 25.0 Å². The molecular weight excluding hydrogens is 440 g/mol. The second-order valence-corrected chi connectivity index (χ2v) is 10.8. The van der Waals surface area contributed by atoms with E-state index in [0.717, 1.165) is 38.5 Å². The Labute approximate surface area is 202 Å². The van der Waals surface area contributed by atoms with Crippen LogP contribution < -0.4 is 0 Å². The topological polar surface area (TPSA) is 105 Å². The highest BCUT2D eigenvalue weighted by atomic mass is 16.6. The fraction of sp³-hybridized carbons (Fsp3) is 0.846. The molecule has 3 fully saturated rings. The van der Waals surface area contributed by atoms with Crippen LogP contribution in [0, 0.1) is 34.5 Å². The standard InChI is InChI=1S/C26H40O8/c1-7-32-22(28)15(2)33-23(29)21-19-9-8-17-14-18(34-16(3)27)10-12-25(17,4)20(19)11-13-26(21,5)24(30)31-6/h15,17-21H,7-14H2,1-6H3/t15-,17+,18+,19-,20+,21-,25+,26+/m1/s1. The van der Waals surface area contributed by atoms with E-state index in [1.54, 1.807) is 13.8 Å². The molecule has 3 aliphatic carbocycles. The van der Waals surface area contributed by atoms with Crippen molar-refractivity contribution in [2.45, 2.75) is 91.8 Å². The van der Waals surface area contributed by atoms with Gasteiger partial charge in [-0.3, -0.25) is 14.4 Å². The summed E-state index contributed by atoms with van der Waals surface area (Å²) >= 11 is 0. The van der Waals surface area contributed by atoms with Crippen molar-refractivity contribution in [1.29, 1.82) is 0 Å². The van der Waals surface area contributed by atoms with E-state index in [1.165, 1.54) is 21.0 Å². The van der Waals surface area contributed by atoms with E-state index in [9.17, 15) is 19.2 Å². The molecule has 0 aromatic rings. The molecule has 0 bridgehead atoms. The van der Waals surface area contributed by atoms with Crippen molar-refractivity contribution < 1.29 is 38.1 Å². The third-order valence-electron chi connectivity index (χ3n) is 8.94. The highest BCUT2D eigenvalue weighted by molar-refractivity contribution is 5.87. The van der Waals surface area contributed by atoms with Gasteiger partial charge in [-0.2, -0.15) is 0 Å². The predicted octanol–water partition coefficient (Wildman–Crippen LogP) is 3.83. The molecule has 0 radical (unpaired) electrons. The van der Waals surface area contributed by atoms with Gasteiger partial charge in [0.1, 0.15) is 6.10 Å². The molecule has 34 heavy (non-hydrogen) atoms. The third kappa shape index (κ3) is 4.82. The lowest BCUT2D eigenvalue weighted by Gasteiger charge is -2.60. The maximum absolute atomic E-state index is 13.6. The minimum absolute atomic E-state index is 0.0116. The fourth-order valence-corrected chi connectivity index (χ4v) is 7.22. The quantitative estimate of drug-likeness (QED) is 0.417. The average molecular weight is 481 g/mol. The second-order valence-electron chi connectivity index (χ2n) is 10.8. The predicted molar refractivity (Wildman–Crippen MR) is 122 cm³/mol. The van der Waals surface area contributed by atoms with Crippen molar-refractivity contribution in [2.75, 3.05) is 13.7 Å². The Bertz CT molecular complexity index is 809. The minimum atomic E-state index is -1.04. The fourth-order valence-electron chi connectivity index (χ4n) is 7.22. The van der Waals surface area contributed by atoms with Gasteiger partial charge in [0.2, 0.25) is 0 Å². The van der Waals surface area contributed by atoms with Crippen LogP contribution in [0.5, 0.6) is 0 Å². The van der Waals surface area contributed by atoms with Crippen molar-refractivity contribution in [3.63, 3.8) is 0 Å². The van der Waals surface area contributed by atoms with E-state index < -0.39 is 35.3 Å². The van der Waals surface area contributed by atoms with Crippen LogP contribution in [0.25, 0.3) is 0 Å². The zero-order chi connectivity index (χ0) is 25.3. The van der Waals surface area contributed by atoms with Crippen LogP contribution in [0.15, 0.2) is 0 Å². The number of ether oxygens (including phenoxy) is 4. The lowest BCUT2D eigenvalue weighted by atomic mass is 9.44. The van der Waals surface area contributed by atoms with Crippen LogP contribution in [0.1, 0.15) is 79.6 Å². The summed E-state index contributed by atoms with van der Waals surface area (Å²) in [4.78, 5) is 50.1. The van der Waals surface area contributed by atoms with Crippen molar-refractivity contribution in [1.82, 2.24) is 0 Å². The summed E-state index contributed by atoms with van der Waals surface area (Å²) in [7, 11) is 1.35. The zero-order valence-corrected chi connectivity index (χ0v) is 21.4. The van der Waals surface area contributed by atoms with Gasteiger partial charge in [-0.25, -0.2) is 4.79 Å². The van der Waals surface area contributed by atoms with Crippen molar-refractivity contribution in [2.24, 2.45) is 34.5 Å². The van der Waals surface area contributed by atoms with Gasteiger partial charge in [-0.1, -0.05) is 6.92 Å². The summed E-state index contributed by atoms with van der Waals surface area (Å²) in [6.45, 7) is 8.93. The van der Waals surface area contributed by atoms with Gasteiger partial charge in [0.15, 0.2) is 6.10 Å². The van der Waals surface area contributed by atoms with Gasteiger partial charge >= 0.3 is 23.9 Å². The van der Waals surface area contributed by atoms with Gasteiger partial charge in [-0.15, -0.1) is 0 Å². The highest BCUT2D eigenvalue weighted by Gasteiger charge is 2.62. The second kappa shape index (κ2) is 10.2. The number of fused-ring (bicyclic) bond motifs is 3. The molecule has 0 aromatic carbocycles. The molecule has 8 heteroatoms. The molecule has 0 heterocycles. The van der Waals surface area contributed by atoms with E-state index in [-0.39, 0.29) is 35.9 Å². The van der Waals surface area contributed by atoms with Crippen LogP contribution in [0.2, 0.25) is 0 Å². The first-order chi connectivity index (χ1) is 16.0. The van der Waals surface area contributed by atoms with Crippen molar-refractivity contribution >= 4 is 23.9 Å². The lowest BCUT2D eigenvalue weighted by molar-refractivity contribution is -0.194. The Hall–Kier alpha value is -2.12. The molecule has 0 amide bonds. The molecule has 0 spiro atoms. The van der Waals surface area contributed by atoms with E-state index in [4.69, 9.17) is 18.9 Å². The zero-order valence-electron chi connectivity index (χ0n) is 21.4. The van der Waals surface area contributed by atoms with Crippen LogP contribution in [-0.4, -0.2) is 49.8 Å². The van der Waals surface area contributed by atoms with Crippen LogP contribution in [0.4, 0.5) is 0 Å². The number of hydrogen-bond acceptors (Lipinski definition) is 8. The van der Waals surface area contributed by atoms with Crippen molar-refractivity contribution in [3.05, 3.63) is 0 Å². The number of methoxy groups -OCH3 is 1. The van der Waals surface area contributed by atoms with Gasteiger partial charge < -0.3 is 18.9 Å². The van der Waals surface area contributed by atoms with Gasteiger partial charge in [0.25, 0.3) is 0 Å². The monoisotopic (exact) mass is 480 g/mol. The lowest BCUT2D eigenvalue weighted by Crippen LogP contribution is -2.58. The molecule has 0 N–H and O–H groups in total. The summed E-state index contributed by atoms with van der Waals surface area (Å²) in [6.07, 6.45) is 4.46. The molecule has 8 nitrogen and oxygen atoms in total. The summed E-state index contributed by atoms with van der Waals surface area (Å²) < 4.78 is 21.3. The first-order valence-electron chi connectivity index (χ1n) is 12.6. The Morgan fingerprint density at radius 1 is 1.03 bits per heavy atom. The molecule has 0 aliphatic heterocycles. The molecule has 192 valence electrons. The van der Waals surface area contributed by atoms with Crippen LogP contribution in [0.3, 0.4) is 0 Å². The smallest absolute Gasteiger partial charge is 0.347 e. The molecular formula is C26H40O8. The molecule has 0 aromatic heterocycles. The normalized spacial score (nSPS) is 37.9. The Balaban J connectivity index is 1.87. The number of esters is 4. The molecule has 0 saturated heterocycles. The first kappa shape index (κ1) is 26.5. The molecule has 3 rings (SSSR count). The van der Waals surface area contributed by atoms with Gasteiger partial charge in [0, 0.05) is 6.92 Å². The maximum atomic E-state index is 13.6. The molecule has 3 saturated carbocycles. The summed E-state index contributed by atoms with van der Waals surface area (Å²) in [6, 6.07) is 0. The minimum Gasteiger partial charge on any atom is -0.469 e. The summed E-state index contributed by atoms with van der Waals surface area (Å²) in [5, 5.41) is 0. The number of hydrogen-bond donors (Lipinski definition) is 0. The summed E-state index contributed by atoms with van der Waals surface area (Å²) in [5.41, 5.74) is -1.03. The molecule has 0 unspecified atom stereocenters. The molecule has 3 aliphatic rings. The highest BCUT2D eigenvalue weighted by Crippen LogP contribution is 2.63. The number of carbonyl (C=O) groups excluding carboxylic acids is 4. The van der Waals surface area contributed by atoms with E-state index in [0.29, 0.717) is 12.3 Å². The first-order valence-corrected chi connectivity index (χ1v) is 12.6. The molecule has 8 atom stereocenters. The SMILES string of the molecule is CCOC(=O)[C@@H](C)OC(=O)[C@H]1[C@@H]2CC[C@H]3C[C@@H](OC(C)=O)CC[C@]3(C)[C@H]2CC[C@]1(C)C(=O)OC. The van der Waals surface area contributed by atoms with Gasteiger partial charge in [-0.05, 0) is 88.9 Å². The van der Waals surface area contributed by atoms with E-state index >= 15 is 0 Å². The Morgan fingerprint density at radius 3 is 2.35 bits per heavy atom. The third-order valence-corrected chi connectivity index (χ3v) is 8.94. The van der Waals surface area contributed by atoms with E-state index in [1.807, 2.05) is 0 Å².